The summed E-state index contributed by atoms with van der Waals surface area (Å²) in [6, 6.07) is 0. The molecule has 0 N–H and O–H groups in total. The first kappa shape index (κ1) is 42.2. The van der Waals surface area contributed by atoms with Crippen molar-refractivity contribution < 1.29 is 61.9 Å². The Morgan fingerprint density at radius 1 is 0.630 bits per heavy atom. The molecule has 1 aliphatic rings. The Labute approximate surface area is 271 Å². The fraction of sp³-hybridized carbons (Fsp3) is 0.606. The molecule has 46 heavy (non-hydrogen) atoms. The minimum absolute atomic E-state index is 0.0396. The van der Waals surface area contributed by atoms with Crippen LogP contribution in [0.15, 0.2) is 50.6 Å². The predicted molar refractivity (Wildman–Crippen MR) is 167 cm³/mol. The lowest BCUT2D eigenvalue weighted by Gasteiger charge is -2.43. The molecule has 0 spiro atoms. The van der Waals surface area contributed by atoms with E-state index in [0.717, 1.165) is 24.3 Å². The molecular formula is C33H50O13. The average molecular weight is 655 g/mol. The zero-order valence-electron chi connectivity index (χ0n) is 28.0. The smallest absolute Gasteiger partial charge is 0.330 e. The summed E-state index contributed by atoms with van der Waals surface area (Å²) in [5, 5.41) is 0. The largest absolute Gasteiger partial charge is 0.465 e. The van der Waals surface area contributed by atoms with Crippen LogP contribution in [-0.2, 0) is 61.9 Å². The first-order valence-electron chi connectivity index (χ1n) is 14.6. The first-order chi connectivity index (χ1) is 21.3. The van der Waals surface area contributed by atoms with E-state index < -0.39 is 46.6 Å². The van der Waals surface area contributed by atoms with Crippen LogP contribution in [0.3, 0.4) is 0 Å². The van der Waals surface area contributed by atoms with Crippen LogP contribution in [-0.4, -0.2) is 88.7 Å². The number of hydrogen-bond donors (Lipinski definition) is 0. The maximum absolute atomic E-state index is 11.4. The van der Waals surface area contributed by atoms with E-state index in [1.54, 1.807) is 13.8 Å². The van der Waals surface area contributed by atoms with Gasteiger partial charge < -0.3 is 37.9 Å². The van der Waals surface area contributed by atoms with Gasteiger partial charge in [0.15, 0.2) is 0 Å². The molecule has 1 aliphatic heterocycles. The van der Waals surface area contributed by atoms with Crippen LogP contribution in [0, 0.1) is 16.2 Å². The van der Waals surface area contributed by atoms with Crippen LogP contribution in [0.1, 0.15) is 54.4 Å². The molecule has 0 radical (unpaired) electrons. The summed E-state index contributed by atoms with van der Waals surface area (Å²) < 4.78 is 42.3. The Balaban J connectivity index is 0.000000914. The lowest BCUT2D eigenvalue weighted by atomic mass is 9.95. The molecule has 1 saturated heterocycles. The number of carbonyl (C=O) groups excluding carboxylic acids is 5. The molecule has 260 valence electrons. The highest BCUT2D eigenvalue weighted by Crippen LogP contribution is 2.34. The summed E-state index contributed by atoms with van der Waals surface area (Å²) in [6.07, 6.45) is 4.46. The maximum atomic E-state index is 11.4. The van der Waals surface area contributed by atoms with Crippen molar-refractivity contribution in [3.8, 4) is 0 Å². The number of rotatable bonds is 19. The van der Waals surface area contributed by atoms with Gasteiger partial charge in [-0.2, -0.15) is 0 Å². The van der Waals surface area contributed by atoms with Gasteiger partial charge in [-0.1, -0.05) is 67.9 Å². The molecule has 0 amide bonds. The Kier molecular flexibility index (Phi) is 18.7. The molecule has 1 fully saturated rings. The molecule has 0 aromatic carbocycles. The third kappa shape index (κ3) is 19.6. The van der Waals surface area contributed by atoms with E-state index in [9.17, 15) is 24.0 Å². The molecule has 0 bridgehead atoms. The summed E-state index contributed by atoms with van der Waals surface area (Å²) >= 11 is 0. The summed E-state index contributed by atoms with van der Waals surface area (Å²) in [5.74, 6) is -3.93. The summed E-state index contributed by atoms with van der Waals surface area (Å²) in [4.78, 5) is 55.5. The molecule has 0 saturated carbocycles. The third-order valence-corrected chi connectivity index (χ3v) is 5.75. The molecule has 0 aromatic rings. The van der Waals surface area contributed by atoms with Crippen LogP contribution in [0.4, 0.5) is 0 Å². The summed E-state index contributed by atoms with van der Waals surface area (Å²) in [6.45, 7) is 26.1. The van der Waals surface area contributed by atoms with Crippen molar-refractivity contribution in [2.24, 2.45) is 16.2 Å². The van der Waals surface area contributed by atoms with Gasteiger partial charge in [-0.3, -0.25) is 4.79 Å². The standard InChI is InChI=1S/C19H30O7.C14H20O6/c1-7-15(20)22-10-9-19(25-13-18(5,6)14-26-19)24-12-17(3,4)11-23-16(21)8-2;1-5-11(15)18-8-7-13(17)20-10-14(3,4)9-19-12(16)6-2/h7-8H,1-2,9-14H2,3-6H3;5-6H,1-2,7-10H2,3-4H3. The van der Waals surface area contributed by atoms with E-state index in [2.05, 4.69) is 31.1 Å². The monoisotopic (exact) mass is 654 g/mol. The highest BCUT2D eigenvalue weighted by molar-refractivity contribution is 5.82. The lowest BCUT2D eigenvalue weighted by Crippen LogP contribution is -2.51. The second-order valence-electron chi connectivity index (χ2n) is 12.6. The van der Waals surface area contributed by atoms with Gasteiger partial charge in [-0.05, 0) is 0 Å². The van der Waals surface area contributed by atoms with Crippen molar-refractivity contribution in [3.05, 3.63) is 50.6 Å². The molecular weight excluding hydrogens is 604 g/mol. The SMILES string of the molecule is C=CC(=O)OCCC(=O)OCC(C)(C)COC(=O)C=C.C=CC(=O)OCCC1(OCC(C)(C)COC(=O)C=C)OCC(C)(C)CO1. The maximum Gasteiger partial charge on any atom is 0.330 e. The third-order valence-electron chi connectivity index (χ3n) is 5.75. The molecule has 1 rings (SSSR count). The first-order valence-corrected chi connectivity index (χ1v) is 14.6. The summed E-state index contributed by atoms with van der Waals surface area (Å²) in [7, 11) is 0. The van der Waals surface area contributed by atoms with Crippen LogP contribution in [0.5, 0.6) is 0 Å². The second kappa shape index (κ2) is 20.3. The van der Waals surface area contributed by atoms with Crippen LogP contribution < -0.4 is 0 Å². The second-order valence-corrected chi connectivity index (χ2v) is 12.6. The Morgan fingerprint density at radius 2 is 1.02 bits per heavy atom. The quantitative estimate of drug-likeness (QED) is 0.112. The van der Waals surface area contributed by atoms with E-state index in [-0.39, 0.29) is 57.9 Å². The molecule has 0 aliphatic carbocycles. The van der Waals surface area contributed by atoms with Gasteiger partial charge >= 0.3 is 29.8 Å². The fourth-order valence-electron chi connectivity index (χ4n) is 3.01. The van der Waals surface area contributed by atoms with E-state index in [4.69, 9.17) is 33.2 Å². The minimum Gasteiger partial charge on any atom is -0.465 e. The predicted octanol–water partition coefficient (Wildman–Crippen LogP) is 4.01. The van der Waals surface area contributed by atoms with Gasteiger partial charge in [0.2, 0.25) is 0 Å². The number of ether oxygens (including phenoxy) is 8. The van der Waals surface area contributed by atoms with Crippen molar-refractivity contribution in [3.63, 3.8) is 0 Å². The Hall–Kier alpha value is -3.81. The Morgan fingerprint density at radius 3 is 1.48 bits per heavy atom. The van der Waals surface area contributed by atoms with Gasteiger partial charge in [-0.25, -0.2) is 19.2 Å². The van der Waals surface area contributed by atoms with Gasteiger partial charge in [0.25, 0.3) is 5.97 Å². The summed E-state index contributed by atoms with van der Waals surface area (Å²) in [5.41, 5.74) is -1.12. The van der Waals surface area contributed by atoms with Crippen LogP contribution in [0.2, 0.25) is 0 Å². The zero-order valence-corrected chi connectivity index (χ0v) is 28.0. The number of hydrogen-bond acceptors (Lipinski definition) is 13. The van der Waals surface area contributed by atoms with E-state index >= 15 is 0 Å². The van der Waals surface area contributed by atoms with Crippen molar-refractivity contribution in [2.75, 3.05) is 52.9 Å². The lowest BCUT2D eigenvalue weighted by molar-refractivity contribution is -0.424. The van der Waals surface area contributed by atoms with E-state index in [0.29, 0.717) is 13.2 Å². The molecule has 0 aromatic heterocycles. The van der Waals surface area contributed by atoms with Crippen molar-refractivity contribution in [1.82, 2.24) is 0 Å². The highest BCUT2D eigenvalue weighted by Gasteiger charge is 2.43. The Bertz CT molecular complexity index is 1060. The minimum atomic E-state index is -1.31. The van der Waals surface area contributed by atoms with Gasteiger partial charge in [0.05, 0.1) is 59.1 Å². The topological polar surface area (TPSA) is 159 Å². The van der Waals surface area contributed by atoms with Crippen molar-refractivity contribution in [1.29, 1.82) is 0 Å². The van der Waals surface area contributed by atoms with Crippen molar-refractivity contribution >= 4 is 29.8 Å². The number of esters is 5. The molecule has 1 heterocycles. The van der Waals surface area contributed by atoms with E-state index in [1.807, 2.05) is 27.7 Å². The van der Waals surface area contributed by atoms with Crippen molar-refractivity contribution in [2.45, 2.75) is 60.4 Å². The highest BCUT2D eigenvalue weighted by atomic mass is 16.9. The molecule has 0 unspecified atom stereocenters. The van der Waals surface area contributed by atoms with Gasteiger partial charge in [0, 0.05) is 40.5 Å². The van der Waals surface area contributed by atoms with E-state index in [1.165, 1.54) is 0 Å². The molecule has 13 heteroatoms. The fourth-order valence-corrected chi connectivity index (χ4v) is 3.01. The van der Waals surface area contributed by atoms with Crippen LogP contribution >= 0.6 is 0 Å². The number of carbonyl (C=O) groups is 5. The van der Waals surface area contributed by atoms with Gasteiger partial charge in [-0.15, -0.1) is 0 Å². The zero-order chi connectivity index (χ0) is 35.4. The normalized spacial score (nSPS) is 15.0. The van der Waals surface area contributed by atoms with Gasteiger partial charge in [0.1, 0.15) is 6.61 Å². The molecule has 0 atom stereocenters. The average Bonchev–Trinajstić information content (AvgIpc) is 3.02. The molecule has 13 nitrogen and oxygen atoms in total. The van der Waals surface area contributed by atoms with Crippen LogP contribution in [0.25, 0.3) is 0 Å².